The van der Waals surface area contributed by atoms with Gasteiger partial charge in [-0.3, -0.25) is 4.79 Å². The van der Waals surface area contributed by atoms with Gasteiger partial charge in [0.1, 0.15) is 6.04 Å². The number of rotatable bonds is 7. The zero-order valence-corrected chi connectivity index (χ0v) is 12.1. The molecule has 1 heterocycles. The van der Waals surface area contributed by atoms with Crippen LogP contribution in [0.4, 0.5) is 0 Å². The Morgan fingerprint density at radius 3 is 2.68 bits per heavy atom. The van der Waals surface area contributed by atoms with Crippen LogP contribution in [0.15, 0.2) is 0 Å². The smallest absolute Gasteiger partial charge is 0.320 e. The van der Waals surface area contributed by atoms with E-state index in [2.05, 4.69) is 10.2 Å². The van der Waals surface area contributed by atoms with Crippen LogP contribution in [0.1, 0.15) is 51.9 Å². The van der Waals surface area contributed by atoms with E-state index in [0.717, 1.165) is 31.5 Å². The van der Waals surface area contributed by atoms with Crippen molar-refractivity contribution in [3.05, 3.63) is 0 Å². The lowest BCUT2D eigenvalue weighted by molar-refractivity contribution is -0.139. The predicted octanol–water partition coefficient (Wildman–Crippen LogP) is 2.09. The third-order valence-electron chi connectivity index (χ3n) is 4.81. The van der Waals surface area contributed by atoms with Crippen molar-refractivity contribution in [2.75, 3.05) is 19.6 Å². The number of carbonyl (C=O) groups is 1. The van der Waals surface area contributed by atoms with Crippen LogP contribution in [0, 0.1) is 5.92 Å². The lowest BCUT2D eigenvalue weighted by atomic mass is 9.96. The number of nitrogens with zero attached hydrogens (tertiary/aromatic N) is 1. The molecule has 0 spiro atoms. The average Bonchev–Trinajstić information content (AvgIpc) is 3.03. The van der Waals surface area contributed by atoms with Crippen molar-refractivity contribution in [2.24, 2.45) is 5.92 Å². The lowest BCUT2D eigenvalue weighted by Gasteiger charge is -2.30. The van der Waals surface area contributed by atoms with Crippen LogP contribution in [0.2, 0.25) is 0 Å². The summed E-state index contributed by atoms with van der Waals surface area (Å²) >= 11 is 0. The van der Waals surface area contributed by atoms with Crippen molar-refractivity contribution >= 4 is 5.97 Å². The van der Waals surface area contributed by atoms with E-state index in [1.807, 2.05) is 6.92 Å². The fourth-order valence-electron chi connectivity index (χ4n) is 3.86. The van der Waals surface area contributed by atoms with E-state index in [4.69, 9.17) is 0 Å². The highest BCUT2D eigenvalue weighted by molar-refractivity contribution is 5.73. The molecule has 1 saturated carbocycles. The Hall–Kier alpha value is -0.610. The summed E-state index contributed by atoms with van der Waals surface area (Å²) in [5.41, 5.74) is 0. The molecule has 2 rings (SSSR count). The average molecular weight is 268 g/mol. The summed E-state index contributed by atoms with van der Waals surface area (Å²) in [6.45, 7) is 4.79. The van der Waals surface area contributed by atoms with Gasteiger partial charge in [0.05, 0.1) is 0 Å². The third kappa shape index (κ3) is 3.93. The summed E-state index contributed by atoms with van der Waals surface area (Å²) in [5, 5.41) is 12.2. The van der Waals surface area contributed by atoms with E-state index in [0.29, 0.717) is 0 Å². The number of nitrogens with one attached hydrogen (secondary N) is 1. The first-order chi connectivity index (χ1) is 9.22. The summed E-state index contributed by atoms with van der Waals surface area (Å²) in [5.74, 6) is 0.170. The van der Waals surface area contributed by atoms with Gasteiger partial charge in [-0.15, -0.1) is 0 Å². The normalized spacial score (nSPS) is 26.9. The van der Waals surface area contributed by atoms with Gasteiger partial charge in [0.2, 0.25) is 0 Å². The molecule has 0 amide bonds. The van der Waals surface area contributed by atoms with Crippen molar-refractivity contribution in [3.8, 4) is 0 Å². The first-order valence-corrected chi connectivity index (χ1v) is 7.92. The van der Waals surface area contributed by atoms with Crippen LogP contribution in [-0.4, -0.2) is 47.7 Å². The zero-order chi connectivity index (χ0) is 13.7. The third-order valence-corrected chi connectivity index (χ3v) is 4.81. The standard InChI is InChI=1S/C15H28N2O2/c1-2-16-13(15(18)19)9-11-17-10-5-8-14(17)12-6-3-4-7-12/h12-14,16H,2-11H2,1H3,(H,18,19). The Bertz CT molecular complexity index is 290. The van der Waals surface area contributed by atoms with Crippen LogP contribution in [0.3, 0.4) is 0 Å². The molecule has 19 heavy (non-hydrogen) atoms. The molecule has 4 heteroatoms. The molecule has 2 unspecified atom stereocenters. The van der Waals surface area contributed by atoms with E-state index in [1.54, 1.807) is 0 Å². The highest BCUT2D eigenvalue weighted by Crippen LogP contribution is 2.35. The Balaban J connectivity index is 1.81. The molecule has 110 valence electrons. The molecule has 0 aromatic heterocycles. The maximum Gasteiger partial charge on any atom is 0.320 e. The lowest BCUT2D eigenvalue weighted by Crippen LogP contribution is -2.42. The van der Waals surface area contributed by atoms with E-state index in [-0.39, 0.29) is 6.04 Å². The van der Waals surface area contributed by atoms with E-state index in [9.17, 15) is 9.90 Å². The number of likely N-dealkylation sites (tertiary alicyclic amines) is 1. The van der Waals surface area contributed by atoms with Crippen molar-refractivity contribution in [3.63, 3.8) is 0 Å². The minimum Gasteiger partial charge on any atom is -0.480 e. The zero-order valence-electron chi connectivity index (χ0n) is 12.1. The first kappa shape index (κ1) is 14.8. The Labute approximate surface area is 116 Å². The molecule has 1 saturated heterocycles. The topological polar surface area (TPSA) is 52.6 Å². The van der Waals surface area contributed by atoms with Gasteiger partial charge in [-0.05, 0) is 51.1 Å². The van der Waals surface area contributed by atoms with Crippen LogP contribution < -0.4 is 5.32 Å². The maximum absolute atomic E-state index is 11.2. The van der Waals surface area contributed by atoms with Crippen molar-refractivity contribution < 1.29 is 9.90 Å². The molecule has 2 atom stereocenters. The van der Waals surface area contributed by atoms with Gasteiger partial charge in [-0.1, -0.05) is 19.8 Å². The molecular formula is C15H28N2O2. The van der Waals surface area contributed by atoms with E-state index >= 15 is 0 Å². The number of hydrogen-bond acceptors (Lipinski definition) is 3. The van der Waals surface area contributed by atoms with Crippen LogP contribution in [-0.2, 0) is 4.79 Å². The monoisotopic (exact) mass is 268 g/mol. The summed E-state index contributed by atoms with van der Waals surface area (Å²) in [4.78, 5) is 13.7. The highest BCUT2D eigenvalue weighted by atomic mass is 16.4. The minimum atomic E-state index is -0.710. The number of carboxylic acids is 1. The summed E-state index contributed by atoms with van der Waals surface area (Å²) in [7, 11) is 0. The van der Waals surface area contributed by atoms with Crippen LogP contribution >= 0.6 is 0 Å². The Kier molecular flexibility index (Phi) is 5.64. The molecule has 0 aromatic rings. The first-order valence-electron chi connectivity index (χ1n) is 7.92. The molecular weight excluding hydrogens is 240 g/mol. The fraction of sp³-hybridized carbons (Fsp3) is 0.933. The summed E-state index contributed by atoms with van der Waals surface area (Å²) in [6, 6.07) is 0.355. The quantitative estimate of drug-likeness (QED) is 0.742. The van der Waals surface area contributed by atoms with E-state index in [1.165, 1.54) is 45.1 Å². The molecule has 1 aliphatic carbocycles. The second kappa shape index (κ2) is 7.25. The van der Waals surface area contributed by atoms with Crippen molar-refractivity contribution in [1.29, 1.82) is 0 Å². The molecule has 2 N–H and O–H groups in total. The van der Waals surface area contributed by atoms with Crippen molar-refractivity contribution in [1.82, 2.24) is 10.2 Å². The molecule has 2 fully saturated rings. The van der Waals surface area contributed by atoms with Gasteiger partial charge in [0, 0.05) is 12.6 Å². The molecule has 0 bridgehead atoms. The Morgan fingerprint density at radius 1 is 1.32 bits per heavy atom. The number of hydrogen-bond donors (Lipinski definition) is 2. The maximum atomic E-state index is 11.2. The molecule has 0 aromatic carbocycles. The summed E-state index contributed by atoms with van der Waals surface area (Å²) < 4.78 is 0. The molecule has 1 aliphatic heterocycles. The molecule has 0 radical (unpaired) electrons. The van der Waals surface area contributed by atoms with Crippen LogP contribution in [0.5, 0.6) is 0 Å². The van der Waals surface area contributed by atoms with E-state index < -0.39 is 5.97 Å². The van der Waals surface area contributed by atoms with Gasteiger partial charge in [0.15, 0.2) is 0 Å². The number of aliphatic carboxylic acids is 1. The predicted molar refractivity (Wildman–Crippen MR) is 76.3 cm³/mol. The summed E-state index contributed by atoms with van der Waals surface area (Å²) in [6.07, 6.45) is 8.90. The van der Waals surface area contributed by atoms with Crippen molar-refractivity contribution in [2.45, 2.75) is 64.0 Å². The van der Waals surface area contributed by atoms with Gasteiger partial charge in [-0.25, -0.2) is 0 Å². The van der Waals surface area contributed by atoms with Gasteiger partial charge < -0.3 is 15.3 Å². The van der Waals surface area contributed by atoms with Gasteiger partial charge >= 0.3 is 5.97 Å². The van der Waals surface area contributed by atoms with Gasteiger partial charge in [0.25, 0.3) is 0 Å². The molecule has 4 nitrogen and oxygen atoms in total. The second-order valence-electron chi connectivity index (χ2n) is 6.03. The number of carboxylic acid groups (broad SMARTS) is 1. The number of likely N-dealkylation sites (N-methyl/N-ethyl adjacent to an activating group) is 1. The minimum absolute atomic E-state index is 0.380. The highest BCUT2D eigenvalue weighted by Gasteiger charge is 2.33. The Morgan fingerprint density at radius 2 is 2.05 bits per heavy atom. The molecule has 2 aliphatic rings. The SMILES string of the molecule is CCNC(CCN1CCCC1C1CCCC1)C(=O)O. The van der Waals surface area contributed by atoms with Gasteiger partial charge in [-0.2, -0.15) is 0 Å². The fourth-order valence-corrected chi connectivity index (χ4v) is 3.86. The second-order valence-corrected chi connectivity index (χ2v) is 6.03. The van der Waals surface area contributed by atoms with Crippen LogP contribution in [0.25, 0.3) is 0 Å². The largest absolute Gasteiger partial charge is 0.480 e.